The van der Waals surface area contributed by atoms with Gasteiger partial charge in [0.05, 0.1) is 38.7 Å². The van der Waals surface area contributed by atoms with Gasteiger partial charge in [-0.05, 0) is 73.5 Å². The molecular weight excluding hydrogens is 562 g/mol. The molecular formula is C31H47NO11. The lowest BCUT2D eigenvalue weighted by atomic mass is 9.44. The molecule has 5 fully saturated rings. The van der Waals surface area contributed by atoms with E-state index in [-0.39, 0.29) is 28.8 Å². The number of ketones is 2. The van der Waals surface area contributed by atoms with Crippen molar-refractivity contribution in [2.45, 2.75) is 89.8 Å². The highest BCUT2D eigenvalue weighted by Gasteiger charge is 2.64. The molecule has 5 N–H and O–H groups in total. The van der Waals surface area contributed by atoms with E-state index in [0.29, 0.717) is 55.5 Å². The first-order chi connectivity index (χ1) is 20.1. The number of rotatable bonds is 8. The molecule has 242 valence electrons. The molecule has 43 heavy (non-hydrogen) atoms. The minimum Gasteiger partial charge on any atom is -0.481 e. The van der Waals surface area contributed by atoms with Crippen LogP contribution in [0, 0.1) is 40.4 Å². The van der Waals surface area contributed by atoms with Gasteiger partial charge in [0, 0.05) is 31.3 Å². The van der Waals surface area contributed by atoms with Gasteiger partial charge in [-0.3, -0.25) is 24.1 Å². The van der Waals surface area contributed by atoms with Gasteiger partial charge in [0.15, 0.2) is 5.60 Å². The maximum atomic E-state index is 13.7. The van der Waals surface area contributed by atoms with Gasteiger partial charge in [-0.2, -0.15) is 0 Å². The highest BCUT2D eigenvalue weighted by Crippen LogP contribution is 2.66. The van der Waals surface area contributed by atoms with Crippen LogP contribution in [-0.2, 0) is 28.7 Å². The van der Waals surface area contributed by atoms with Gasteiger partial charge in [-0.15, -0.1) is 0 Å². The topological polar surface area (TPSA) is 199 Å². The number of morpholine rings is 1. The average molecular weight is 610 g/mol. The lowest BCUT2D eigenvalue weighted by molar-refractivity contribution is -0.170. The summed E-state index contributed by atoms with van der Waals surface area (Å²) in [6.07, 6.45) is 5.11. The Morgan fingerprint density at radius 1 is 0.930 bits per heavy atom. The molecule has 0 spiro atoms. The first-order valence-corrected chi connectivity index (χ1v) is 15.5. The fourth-order valence-electron chi connectivity index (χ4n) is 9.38. The summed E-state index contributed by atoms with van der Waals surface area (Å²) in [4.78, 5) is 59.7. The summed E-state index contributed by atoms with van der Waals surface area (Å²) < 4.78 is 5.43. The molecule has 5 aliphatic rings. The molecule has 0 radical (unpaired) electrons. The molecule has 0 aromatic rings. The Morgan fingerprint density at radius 3 is 2.14 bits per heavy atom. The second-order valence-electron chi connectivity index (χ2n) is 14.1. The van der Waals surface area contributed by atoms with Crippen LogP contribution in [0.1, 0.15) is 78.1 Å². The molecule has 12 nitrogen and oxygen atoms in total. The van der Waals surface area contributed by atoms with Gasteiger partial charge in [0.25, 0.3) is 0 Å². The molecule has 12 heteroatoms. The van der Waals surface area contributed by atoms with Crippen LogP contribution in [0.4, 0.5) is 0 Å². The zero-order valence-electron chi connectivity index (χ0n) is 25.2. The summed E-state index contributed by atoms with van der Waals surface area (Å²) in [5.74, 6) is -2.63. The van der Waals surface area contributed by atoms with Gasteiger partial charge in [0.1, 0.15) is 11.6 Å². The number of aliphatic hydroxyl groups is 2. The first-order valence-electron chi connectivity index (χ1n) is 15.5. The van der Waals surface area contributed by atoms with Crippen molar-refractivity contribution in [3.05, 3.63) is 0 Å². The number of hydrogen-bond donors (Lipinski definition) is 5. The van der Waals surface area contributed by atoms with Crippen LogP contribution in [0.25, 0.3) is 0 Å². The Labute approximate surface area is 251 Å². The van der Waals surface area contributed by atoms with Gasteiger partial charge < -0.3 is 30.3 Å². The van der Waals surface area contributed by atoms with Crippen molar-refractivity contribution in [2.24, 2.45) is 40.4 Å². The number of nitrogens with zero attached hydrogens (tertiary/aromatic N) is 1. The van der Waals surface area contributed by atoms with E-state index in [1.807, 2.05) is 0 Å². The molecule has 0 amide bonds. The number of Topliss-reactive ketones (excluding diaryl/α,β-unsaturated/α-hetero) is 2. The van der Waals surface area contributed by atoms with Crippen LogP contribution in [0.2, 0.25) is 0 Å². The number of fused-ring (bicyclic) bond motifs is 5. The number of ether oxygens (including phenoxy) is 1. The summed E-state index contributed by atoms with van der Waals surface area (Å²) in [7, 11) is 0. The third kappa shape index (κ3) is 6.82. The van der Waals surface area contributed by atoms with Crippen LogP contribution < -0.4 is 0 Å². The zero-order chi connectivity index (χ0) is 31.7. The second kappa shape index (κ2) is 12.9. The molecule has 4 saturated carbocycles. The fourth-order valence-corrected chi connectivity index (χ4v) is 9.38. The highest BCUT2D eigenvalue weighted by molar-refractivity contribution is 5.89. The molecule has 1 heterocycles. The molecule has 0 bridgehead atoms. The van der Waals surface area contributed by atoms with E-state index in [2.05, 4.69) is 18.7 Å². The SMILES string of the molecule is C[C@]12CC[C@@H](O)C[C@@H]1CC[C@H]1[C@@H]3CC[C@H](C(=O)CN4CCOCC4)[C@@]3(C)CC(=O)[C@@H]12.O=C(O)CC(O)(CC(=O)O)C(=O)O. The van der Waals surface area contributed by atoms with Crippen molar-refractivity contribution >= 4 is 29.5 Å². The number of aliphatic carboxylic acids is 3. The maximum absolute atomic E-state index is 13.7. The van der Waals surface area contributed by atoms with Crippen LogP contribution in [0.5, 0.6) is 0 Å². The highest BCUT2D eigenvalue weighted by atomic mass is 16.5. The van der Waals surface area contributed by atoms with Gasteiger partial charge in [-0.25, -0.2) is 4.79 Å². The van der Waals surface area contributed by atoms with Crippen molar-refractivity contribution in [3.8, 4) is 0 Å². The Hall–Kier alpha value is -2.41. The van der Waals surface area contributed by atoms with E-state index < -0.39 is 36.4 Å². The largest absolute Gasteiger partial charge is 0.481 e. The Balaban J connectivity index is 0.000000277. The quantitative estimate of drug-likeness (QED) is 0.268. The number of aliphatic hydroxyl groups excluding tert-OH is 1. The Bertz CT molecular complexity index is 1090. The van der Waals surface area contributed by atoms with Crippen molar-refractivity contribution in [3.63, 3.8) is 0 Å². The van der Waals surface area contributed by atoms with E-state index >= 15 is 0 Å². The molecule has 0 unspecified atom stereocenters. The number of carbonyl (C=O) groups excluding carboxylic acids is 2. The minimum absolute atomic E-state index is 0.0361. The standard InChI is InChI=1S/C25H39NO4.C6H8O7/c1-24-8-7-17(27)13-16(24)3-4-18-19-5-6-20(25(19,2)14-21(28)23(18)24)22(29)15-26-9-11-30-12-10-26;7-3(8)1-6(13,5(11)12)2-4(9)10/h16-20,23,27H,3-15H2,1-2H3;13H,1-2H2,(H,7,8)(H,9,10)(H,11,12)/t16-,17+,18-,19-,20+,23+,24-,25-;/m0./s1. The third-order valence-electron chi connectivity index (χ3n) is 11.5. The minimum atomic E-state index is -2.74. The predicted molar refractivity (Wildman–Crippen MR) is 151 cm³/mol. The zero-order valence-corrected chi connectivity index (χ0v) is 25.2. The summed E-state index contributed by atoms with van der Waals surface area (Å²) >= 11 is 0. The molecule has 1 aliphatic heterocycles. The number of carbonyl (C=O) groups is 5. The van der Waals surface area contributed by atoms with Gasteiger partial charge >= 0.3 is 17.9 Å². The molecule has 0 aromatic carbocycles. The monoisotopic (exact) mass is 609 g/mol. The van der Waals surface area contributed by atoms with Crippen LogP contribution >= 0.6 is 0 Å². The van der Waals surface area contributed by atoms with Crippen molar-refractivity contribution in [2.75, 3.05) is 32.8 Å². The molecule has 4 aliphatic carbocycles. The second-order valence-corrected chi connectivity index (χ2v) is 14.1. The molecule has 1 saturated heterocycles. The maximum Gasteiger partial charge on any atom is 0.336 e. The number of carboxylic acids is 3. The Kier molecular flexibility index (Phi) is 10.0. The smallest absolute Gasteiger partial charge is 0.336 e. The van der Waals surface area contributed by atoms with E-state index in [4.69, 9.17) is 25.2 Å². The van der Waals surface area contributed by atoms with Gasteiger partial charge in [0.2, 0.25) is 0 Å². The Morgan fingerprint density at radius 2 is 1.56 bits per heavy atom. The molecule has 8 atom stereocenters. The van der Waals surface area contributed by atoms with Crippen molar-refractivity contribution < 1.29 is 54.2 Å². The van der Waals surface area contributed by atoms with E-state index in [0.717, 1.165) is 58.0 Å². The fraction of sp³-hybridized carbons (Fsp3) is 0.839. The van der Waals surface area contributed by atoms with E-state index in [1.54, 1.807) is 0 Å². The lowest BCUT2D eigenvalue weighted by Gasteiger charge is -2.59. The van der Waals surface area contributed by atoms with E-state index in [9.17, 15) is 29.1 Å². The average Bonchev–Trinajstić information content (AvgIpc) is 3.25. The van der Waals surface area contributed by atoms with Crippen molar-refractivity contribution in [1.29, 1.82) is 0 Å². The van der Waals surface area contributed by atoms with Crippen LogP contribution in [0.3, 0.4) is 0 Å². The number of hydrogen-bond acceptors (Lipinski definition) is 9. The van der Waals surface area contributed by atoms with E-state index in [1.165, 1.54) is 0 Å². The van der Waals surface area contributed by atoms with Crippen molar-refractivity contribution in [1.82, 2.24) is 4.90 Å². The molecule has 0 aromatic heterocycles. The summed E-state index contributed by atoms with van der Waals surface area (Å²) in [6.45, 7) is 8.25. The molecule has 5 rings (SSSR count). The summed E-state index contributed by atoms with van der Waals surface area (Å²) in [6, 6.07) is 0. The van der Waals surface area contributed by atoms with Crippen LogP contribution in [0.15, 0.2) is 0 Å². The number of carboxylic acid groups (broad SMARTS) is 3. The first kappa shape index (κ1) is 33.5. The summed E-state index contributed by atoms with van der Waals surface area (Å²) in [5.41, 5.74) is -2.84. The normalized spacial score (nSPS) is 37.6. The summed E-state index contributed by atoms with van der Waals surface area (Å²) in [5, 5.41) is 44.0. The van der Waals surface area contributed by atoms with Gasteiger partial charge in [-0.1, -0.05) is 13.8 Å². The predicted octanol–water partition coefficient (Wildman–Crippen LogP) is 1.84. The third-order valence-corrected chi connectivity index (χ3v) is 11.5. The lowest BCUT2D eigenvalue weighted by Crippen LogP contribution is -2.58. The van der Waals surface area contributed by atoms with Crippen LogP contribution in [-0.4, -0.2) is 104 Å².